The van der Waals surface area contributed by atoms with Gasteiger partial charge in [0.25, 0.3) is 0 Å². The Balaban J connectivity index is 1.29. The normalized spacial score (nSPS) is 17.9. The predicted octanol–water partition coefficient (Wildman–Crippen LogP) is 13.5. The molecule has 9 rings (SSSR count). The van der Waals surface area contributed by atoms with E-state index in [-0.39, 0.29) is 5.56 Å². The summed E-state index contributed by atoms with van der Waals surface area (Å²) in [5.41, 5.74) is 8.13. The van der Waals surface area contributed by atoms with Gasteiger partial charge in [0.05, 0.1) is 0 Å². The van der Waals surface area contributed by atoms with Crippen LogP contribution < -0.4 is 4.74 Å². The van der Waals surface area contributed by atoms with Crippen LogP contribution in [0.5, 0.6) is 11.5 Å². The summed E-state index contributed by atoms with van der Waals surface area (Å²) in [7, 11) is 0. The first-order valence-electron chi connectivity index (χ1n) is 19.2. The zero-order valence-electron chi connectivity index (χ0n) is 33.1. The van der Waals surface area contributed by atoms with Gasteiger partial charge in [-0.25, -0.2) is 0 Å². The molecule has 2 nitrogen and oxygen atoms in total. The van der Waals surface area contributed by atoms with E-state index in [2.05, 4.69) is 44.2 Å². The molecule has 0 bridgehead atoms. The molecule has 1 aliphatic rings. The molecule has 0 radical (unpaired) electrons. The number of benzene rings is 6. The maximum atomic E-state index is 9.03. The summed E-state index contributed by atoms with van der Waals surface area (Å²) in [4.78, 5) is 0.878. The monoisotopic (exact) mass is 646 g/mol. The molecule has 0 N–H and O–H groups in total. The van der Waals surface area contributed by atoms with Crippen molar-refractivity contribution in [3.05, 3.63) is 143 Å². The van der Waals surface area contributed by atoms with E-state index >= 15 is 0 Å². The van der Waals surface area contributed by atoms with Crippen molar-refractivity contribution >= 4 is 42.7 Å². The zero-order chi connectivity index (χ0) is 37.9. The molecule has 8 aromatic rings. The Morgan fingerprint density at radius 2 is 1.29 bits per heavy atom. The third-order valence-corrected chi connectivity index (χ3v) is 11.3. The van der Waals surface area contributed by atoms with E-state index in [9.17, 15) is 0 Å². The molecule has 1 unspecified atom stereocenters. The fourth-order valence-electron chi connectivity index (χ4n) is 7.78. The van der Waals surface area contributed by atoms with Crippen LogP contribution in [-0.4, -0.2) is 0 Å². The number of ether oxygens (including phenoxy) is 1. The second-order valence-electron chi connectivity index (χ2n) is 13.1. The van der Waals surface area contributed by atoms with Crippen molar-refractivity contribution in [1.82, 2.24) is 0 Å². The van der Waals surface area contributed by atoms with Crippen LogP contribution in [-0.2, 0) is 5.41 Å². The summed E-state index contributed by atoms with van der Waals surface area (Å²) in [6.07, 6.45) is 0. The van der Waals surface area contributed by atoms with Gasteiger partial charge in [-0.2, -0.15) is 0 Å². The van der Waals surface area contributed by atoms with E-state index < -0.39 is 19.1 Å². The van der Waals surface area contributed by atoms with E-state index in [1.165, 1.54) is 0 Å². The molecular formula is C45H36O2S. The van der Waals surface area contributed by atoms with Crippen molar-refractivity contribution in [2.45, 2.75) is 46.8 Å². The van der Waals surface area contributed by atoms with Gasteiger partial charge in [-0.3, -0.25) is 0 Å². The summed E-state index contributed by atoms with van der Waals surface area (Å²) in [5, 5.41) is 3.32. The van der Waals surface area contributed by atoms with Crippen molar-refractivity contribution < 1.29 is 17.4 Å². The van der Waals surface area contributed by atoms with E-state index in [1.807, 2.05) is 61.5 Å². The molecule has 0 saturated heterocycles. The fourth-order valence-corrected chi connectivity index (χ4v) is 8.98. The lowest BCUT2D eigenvalue weighted by atomic mass is 9.74. The quantitative estimate of drug-likeness (QED) is 0.191. The SMILES string of the molecule is [2H]C([2H])([2H])c1c(-c2ccc(C)c(-c3cccc4c3sc3oc5ccccc5c34)c2C)ccc(C)c1-c1cccc2c1Oc1ccccc1C2(C)C([2H])([2H])[2H]. The van der Waals surface area contributed by atoms with E-state index in [4.69, 9.17) is 17.4 Å². The van der Waals surface area contributed by atoms with Gasteiger partial charge in [0.2, 0.25) is 0 Å². The second kappa shape index (κ2) is 10.4. The van der Waals surface area contributed by atoms with E-state index in [1.54, 1.807) is 42.5 Å². The highest BCUT2D eigenvalue weighted by Gasteiger charge is 2.35. The Morgan fingerprint density at radius 1 is 0.625 bits per heavy atom. The van der Waals surface area contributed by atoms with Crippen LogP contribution in [0.1, 0.15) is 55.4 Å². The Kier molecular flexibility index (Phi) is 5.06. The Bertz CT molecular complexity index is 2840. The molecular weight excluding hydrogens is 605 g/mol. The van der Waals surface area contributed by atoms with Crippen molar-refractivity contribution in [3.8, 4) is 44.9 Å². The number of thiophene rings is 1. The Labute approximate surface area is 293 Å². The van der Waals surface area contributed by atoms with Crippen molar-refractivity contribution in [2.75, 3.05) is 0 Å². The van der Waals surface area contributed by atoms with Gasteiger partial charge in [-0.05, 0) is 84.3 Å². The van der Waals surface area contributed by atoms with Gasteiger partial charge in [-0.1, -0.05) is 122 Å². The van der Waals surface area contributed by atoms with Gasteiger partial charge < -0.3 is 9.15 Å². The van der Waals surface area contributed by atoms with Crippen LogP contribution >= 0.6 is 11.3 Å². The molecule has 2 aromatic heterocycles. The largest absolute Gasteiger partial charge is 0.456 e. The standard InChI is InChI=1S/C45H36O2S/c1-25-21-23-29(27(3)39(25)32-14-12-18-36-42(32)46-38-20-10-8-17-35(38)45(36,5)6)30-24-22-26(2)40(28(30)4)33-15-11-16-34-41-31-13-7-9-19-37(31)47-44(41)48-43(33)34/h7-24H,1-6H3/i3D3,5D3. The lowest BCUT2D eigenvalue weighted by molar-refractivity contribution is 0.419. The first kappa shape index (κ1) is 23.2. The molecule has 0 amide bonds. The highest BCUT2D eigenvalue weighted by Crippen LogP contribution is 2.53. The van der Waals surface area contributed by atoms with Crippen LogP contribution in [0.15, 0.2) is 114 Å². The second-order valence-corrected chi connectivity index (χ2v) is 14.0. The smallest absolute Gasteiger partial charge is 0.190 e. The van der Waals surface area contributed by atoms with Crippen molar-refractivity contribution in [1.29, 1.82) is 0 Å². The molecule has 234 valence electrons. The highest BCUT2D eigenvalue weighted by molar-refractivity contribution is 7.26. The Morgan fingerprint density at radius 3 is 2.10 bits per heavy atom. The number of aryl methyl sites for hydroxylation is 2. The number of furan rings is 1. The molecule has 48 heavy (non-hydrogen) atoms. The third-order valence-electron chi connectivity index (χ3n) is 10.1. The van der Waals surface area contributed by atoms with Gasteiger partial charge >= 0.3 is 0 Å². The third kappa shape index (κ3) is 4.04. The van der Waals surface area contributed by atoms with Crippen LogP contribution in [0.2, 0.25) is 0 Å². The minimum absolute atomic E-state index is 0.199. The van der Waals surface area contributed by atoms with Gasteiger partial charge in [0.15, 0.2) is 4.90 Å². The number of para-hydroxylation sites is 3. The summed E-state index contributed by atoms with van der Waals surface area (Å²) >= 11 is 1.64. The van der Waals surface area contributed by atoms with Gasteiger partial charge in [-0.15, -0.1) is 0 Å². The van der Waals surface area contributed by atoms with Gasteiger partial charge in [0, 0.05) is 56.8 Å². The molecule has 3 heteroatoms. The lowest BCUT2D eigenvalue weighted by Gasteiger charge is -2.35. The van der Waals surface area contributed by atoms with Crippen molar-refractivity contribution in [3.63, 3.8) is 0 Å². The molecule has 0 saturated carbocycles. The van der Waals surface area contributed by atoms with Crippen LogP contribution in [0.25, 0.3) is 64.7 Å². The van der Waals surface area contributed by atoms with Crippen LogP contribution in [0.4, 0.5) is 0 Å². The average molecular weight is 647 g/mol. The molecule has 1 atom stereocenters. The molecule has 3 heterocycles. The Hall–Kier alpha value is -5.12. The average Bonchev–Trinajstić information content (AvgIpc) is 3.68. The van der Waals surface area contributed by atoms with Crippen LogP contribution in [0, 0.1) is 27.6 Å². The lowest BCUT2D eigenvalue weighted by Crippen LogP contribution is -2.24. The molecule has 0 aliphatic carbocycles. The number of fused-ring (bicyclic) bond motifs is 7. The number of rotatable bonds is 3. The summed E-state index contributed by atoms with van der Waals surface area (Å²) in [6, 6.07) is 35.1. The summed E-state index contributed by atoms with van der Waals surface area (Å²) in [6.45, 7) is 2.84. The summed E-state index contributed by atoms with van der Waals surface area (Å²) < 4.78 is 67.2. The topological polar surface area (TPSA) is 22.4 Å². The molecule has 0 spiro atoms. The number of hydrogen-bond acceptors (Lipinski definition) is 3. The van der Waals surface area contributed by atoms with Crippen LogP contribution in [0.3, 0.4) is 0 Å². The minimum Gasteiger partial charge on any atom is -0.456 e. The first-order valence-corrected chi connectivity index (χ1v) is 17.0. The van der Waals surface area contributed by atoms with Gasteiger partial charge in [0.1, 0.15) is 17.1 Å². The van der Waals surface area contributed by atoms with E-state index in [0.717, 1.165) is 64.7 Å². The number of hydrogen-bond donors (Lipinski definition) is 0. The maximum absolute atomic E-state index is 9.03. The van der Waals surface area contributed by atoms with E-state index in [0.29, 0.717) is 39.3 Å². The molecule has 6 aromatic carbocycles. The maximum Gasteiger partial charge on any atom is 0.190 e. The zero-order valence-corrected chi connectivity index (χ0v) is 27.9. The first-order chi connectivity index (χ1) is 25.7. The fraction of sp³-hybridized carbons (Fsp3) is 0.156. The van der Waals surface area contributed by atoms with Crippen molar-refractivity contribution in [2.24, 2.45) is 0 Å². The predicted molar refractivity (Wildman–Crippen MR) is 203 cm³/mol. The highest BCUT2D eigenvalue weighted by atomic mass is 32.1. The summed E-state index contributed by atoms with van der Waals surface area (Å²) in [5.74, 6) is 0.810. The minimum atomic E-state index is -2.53. The molecule has 1 aliphatic heterocycles. The molecule has 0 fully saturated rings.